The molecule has 0 bridgehead atoms. The Balaban J connectivity index is 1.71. The molecule has 41 heavy (non-hydrogen) atoms. The van der Waals surface area contributed by atoms with Gasteiger partial charge in [0.25, 0.3) is 5.91 Å². The first-order chi connectivity index (χ1) is 19.5. The van der Waals surface area contributed by atoms with Crippen LogP contribution in [0.2, 0.25) is 0 Å². The normalized spacial score (nSPS) is 12.8. The molecular weight excluding hydrogens is 537 g/mol. The molecule has 4 aromatic rings. The second kappa shape index (κ2) is 12.2. The summed E-state index contributed by atoms with van der Waals surface area (Å²) >= 11 is 0. The van der Waals surface area contributed by atoms with Crippen molar-refractivity contribution in [3.63, 3.8) is 0 Å². The minimum atomic E-state index is -4.76. The molecule has 4 rings (SSSR count). The fourth-order valence-corrected chi connectivity index (χ4v) is 4.82. The number of amides is 1. The van der Waals surface area contributed by atoms with Crippen LogP contribution in [0.25, 0.3) is 16.9 Å². The molecule has 1 N–H and O–H groups in total. The number of halogens is 3. The molecule has 0 spiro atoms. The van der Waals surface area contributed by atoms with Crippen LogP contribution in [0.1, 0.15) is 47.1 Å². The second-order valence-corrected chi connectivity index (χ2v) is 10.00. The van der Waals surface area contributed by atoms with Crippen molar-refractivity contribution < 1.29 is 27.8 Å². The van der Waals surface area contributed by atoms with Crippen LogP contribution in [0, 0.1) is 6.92 Å². The molecule has 0 aliphatic rings. The topological polar surface area (TPSA) is 96.1 Å². The molecule has 1 amide bonds. The van der Waals surface area contributed by atoms with Gasteiger partial charge >= 0.3 is 6.18 Å². The number of hydrogen-bond acceptors (Lipinski definition) is 7. The van der Waals surface area contributed by atoms with Crippen molar-refractivity contribution in [2.45, 2.75) is 39.0 Å². The Kier molecular flexibility index (Phi) is 8.93. The molecule has 12 heteroatoms. The first kappa shape index (κ1) is 29.9. The lowest BCUT2D eigenvalue weighted by Crippen LogP contribution is -2.43. The third-order valence-electron chi connectivity index (χ3n) is 7.07. The molecule has 0 aliphatic heterocycles. The van der Waals surface area contributed by atoms with E-state index in [1.54, 1.807) is 11.0 Å². The number of benzene rings is 1. The molecule has 0 fully saturated rings. The van der Waals surface area contributed by atoms with E-state index in [0.717, 1.165) is 11.8 Å². The third kappa shape index (κ3) is 6.18. The SMILES string of the molecule is COc1ccc(-c2nc3c(C(=O)N(CCN(C)[C@@H](CO)c4ccccc4)C(C)C)cnn3c(C(F)(F)F)c2C)cn1. The van der Waals surface area contributed by atoms with Gasteiger partial charge in [-0.3, -0.25) is 9.69 Å². The van der Waals surface area contributed by atoms with E-state index in [1.165, 1.54) is 26.3 Å². The average molecular weight is 571 g/mol. The zero-order valence-corrected chi connectivity index (χ0v) is 23.6. The predicted molar refractivity (Wildman–Crippen MR) is 148 cm³/mol. The standard InChI is InChI=1S/C29H33F3N6O3/c1-18(2)37(14-13-36(4)23(17-39)20-9-7-6-8-10-20)28(40)22-16-34-38-26(29(30,31)32)19(3)25(35-27(22)38)21-11-12-24(41-5)33-15-21/h6-12,15-16,18,23,39H,13-14,17H2,1-5H3/t23-/m0/s1. The summed E-state index contributed by atoms with van der Waals surface area (Å²) in [5.74, 6) is -0.191. The van der Waals surface area contributed by atoms with Crippen LogP contribution in [0.5, 0.6) is 5.88 Å². The highest BCUT2D eigenvalue weighted by molar-refractivity contribution is 6.00. The van der Waals surface area contributed by atoms with Gasteiger partial charge in [0.15, 0.2) is 11.3 Å². The van der Waals surface area contributed by atoms with Gasteiger partial charge in [0, 0.05) is 42.5 Å². The first-order valence-electron chi connectivity index (χ1n) is 13.1. The fraction of sp³-hybridized carbons (Fsp3) is 0.379. The van der Waals surface area contributed by atoms with Gasteiger partial charge in [0.05, 0.1) is 31.6 Å². The number of rotatable bonds is 10. The molecule has 0 saturated heterocycles. The molecule has 0 unspecified atom stereocenters. The Labute approximate surface area is 236 Å². The zero-order chi connectivity index (χ0) is 29.9. The molecule has 1 aromatic carbocycles. The average Bonchev–Trinajstić information content (AvgIpc) is 3.36. The van der Waals surface area contributed by atoms with Crippen molar-refractivity contribution in [3.05, 3.63) is 77.2 Å². The van der Waals surface area contributed by atoms with Crippen molar-refractivity contribution in [1.29, 1.82) is 0 Å². The Morgan fingerprint density at radius 2 is 1.80 bits per heavy atom. The molecule has 1 atom stereocenters. The summed E-state index contributed by atoms with van der Waals surface area (Å²) in [6.45, 7) is 5.54. The number of aromatic nitrogens is 4. The number of nitrogens with zero attached hydrogens (tertiary/aromatic N) is 6. The van der Waals surface area contributed by atoms with Crippen molar-refractivity contribution in [2.75, 3.05) is 33.9 Å². The summed E-state index contributed by atoms with van der Waals surface area (Å²) in [6.07, 6.45) is -2.25. The van der Waals surface area contributed by atoms with E-state index >= 15 is 0 Å². The first-order valence-corrected chi connectivity index (χ1v) is 13.1. The monoisotopic (exact) mass is 570 g/mol. The minimum absolute atomic E-state index is 0.0407. The van der Waals surface area contributed by atoms with E-state index in [2.05, 4.69) is 15.1 Å². The molecule has 9 nitrogen and oxygen atoms in total. The van der Waals surface area contributed by atoms with Gasteiger partial charge in [0.1, 0.15) is 5.56 Å². The number of alkyl halides is 3. The maximum absolute atomic E-state index is 14.3. The Morgan fingerprint density at radius 3 is 2.37 bits per heavy atom. The van der Waals surface area contributed by atoms with Gasteiger partial charge in [-0.15, -0.1) is 0 Å². The van der Waals surface area contributed by atoms with Crippen molar-refractivity contribution in [1.82, 2.24) is 29.4 Å². The molecule has 0 radical (unpaired) electrons. The summed E-state index contributed by atoms with van der Waals surface area (Å²) in [7, 11) is 3.29. The number of aliphatic hydroxyl groups is 1. The highest BCUT2D eigenvalue weighted by Gasteiger charge is 2.39. The number of ether oxygens (including phenoxy) is 1. The van der Waals surface area contributed by atoms with Crippen LogP contribution in [-0.2, 0) is 6.18 Å². The van der Waals surface area contributed by atoms with E-state index in [-0.39, 0.29) is 47.7 Å². The van der Waals surface area contributed by atoms with Crippen LogP contribution >= 0.6 is 0 Å². The maximum Gasteiger partial charge on any atom is 0.433 e. The summed E-state index contributed by atoms with van der Waals surface area (Å²) in [4.78, 5) is 25.9. The van der Waals surface area contributed by atoms with Crippen molar-refractivity contribution >= 4 is 11.6 Å². The lowest BCUT2D eigenvalue weighted by atomic mass is 10.1. The third-order valence-corrected chi connectivity index (χ3v) is 7.07. The van der Waals surface area contributed by atoms with E-state index in [0.29, 0.717) is 22.5 Å². The summed E-state index contributed by atoms with van der Waals surface area (Å²) < 4.78 is 48.7. The number of carbonyl (C=O) groups is 1. The van der Waals surface area contributed by atoms with Gasteiger partial charge in [-0.2, -0.15) is 18.3 Å². The quantitative estimate of drug-likeness (QED) is 0.297. The smallest absolute Gasteiger partial charge is 0.433 e. The van der Waals surface area contributed by atoms with Gasteiger partial charge in [-0.05, 0) is 39.4 Å². The van der Waals surface area contributed by atoms with Crippen molar-refractivity contribution in [3.8, 4) is 17.1 Å². The highest BCUT2D eigenvalue weighted by Crippen LogP contribution is 2.36. The number of carbonyl (C=O) groups excluding carboxylic acids is 1. The van der Waals surface area contributed by atoms with Gasteiger partial charge in [-0.25, -0.2) is 14.5 Å². The zero-order valence-electron chi connectivity index (χ0n) is 23.6. The molecule has 3 heterocycles. The number of fused-ring (bicyclic) bond motifs is 1. The minimum Gasteiger partial charge on any atom is -0.481 e. The maximum atomic E-state index is 14.3. The fourth-order valence-electron chi connectivity index (χ4n) is 4.82. The van der Waals surface area contributed by atoms with E-state index < -0.39 is 17.8 Å². The van der Waals surface area contributed by atoms with Crippen LogP contribution < -0.4 is 4.74 Å². The Bertz CT molecular complexity index is 1490. The van der Waals surface area contributed by atoms with Gasteiger partial charge < -0.3 is 14.7 Å². The molecular formula is C29H33F3N6O3. The summed E-state index contributed by atoms with van der Waals surface area (Å²) in [6, 6.07) is 12.1. The molecule has 0 aliphatic carbocycles. The molecule has 3 aromatic heterocycles. The lowest BCUT2D eigenvalue weighted by Gasteiger charge is -2.32. The van der Waals surface area contributed by atoms with E-state index in [9.17, 15) is 23.1 Å². The van der Waals surface area contributed by atoms with Crippen LogP contribution in [0.4, 0.5) is 13.2 Å². The van der Waals surface area contributed by atoms with E-state index in [4.69, 9.17) is 4.74 Å². The predicted octanol–water partition coefficient (Wildman–Crippen LogP) is 4.64. The molecule has 0 saturated carbocycles. The van der Waals surface area contributed by atoms with Crippen LogP contribution in [0.3, 0.4) is 0 Å². The summed E-state index contributed by atoms with van der Waals surface area (Å²) in [5.41, 5.74) is -0.0867. The largest absolute Gasteiger partial charge is 0.481 e. The number of methoxy groups -OCH3 is 1. The number of likely N-dealkylation sites (N-methyl/N-ethyl adjacent to an activating group) is 1. The van der Waals surface area contributed by atoms with Crippen LogP contribution in [-0.4, -0.2) is 80.3 Å². The van der Waals surface area contributed by atoms with Crippen molar-refractivity contribution in [2.24, 2.45) is 0 Å². The van der Waals surface area contributed by atoms with E-state index in [1.807, 2.05) is 56.1 Å². The lowest BCUT2D eigenvalue weighted by molar-refractivity contribution is -0.143. The highest BCUT2D eigenvalue weighted by atomic mass is 19.4. The van der Waals surface area contributed by atoms with Crippen LogP contribution in [0.15, 0.2) is 54.9 Å². The second-order valence-electron chi connectivity index (χ2n) is 10.00. The van der Waals surface area contributed by atoms with Gasteiger partial charge in [-0.1, -0.05) is 30.3 Å². The number of hydrogen-bond donors (Lipinski definition) is 1. The van der Waals surface area contributed by atoms with Gasteiger partial charge in [0.2, 0.25) is 5.88 Å². The summed E-state index contributed by atoms with van der Waals surface area (Å²) in [5, 5.41) is 14.0. The Morgan fingerprint density at radius 1 is 1.10 bits per heavy atom. The number of aliphatic hydroxyl groups excluding tert-OH is 1. The Hall–Kier alpha value is -4.03. The molecule has 218 valence electrons. The number of pyridine rings is 1.